The topological polar surface area (TPSA) is 78.9 Å². The van der Waals surface area contributed by atoms with Gasteiger partial charge in [-0.25, -0.2) is 0 Å². The molecule has 0 radical (unpaired) electrons. The zero-order valence-corrected chi connectivity index (χ0v) is 46.7. The molecule has 0 aliphatic rings. The molecule has 0 saturated heterocycles. The molecule has 408 valence electrons. The normalized spacial score (nSPS) is 12.7. The van der Waals surface area contributed by atoms with E-state index in [9.17, 15) is 14.4 Å². The van der Waals surface area contributed by atoms with E-state index >= 15 is 0 Å². The zero-order valence-electron chi connectivity index (χ0n) is 46.7. The van der Waals surface area contributed by atoms with Crippen LogP contribution in [0.25, 0.3) is 0 Å². The molecule has 6 heteroatoms. The van der Waals surface area contributed by atoms with Crippen LogP contribution in [0, 0.1) is 0 Å². The van der Waals surface area contributed by atoms with Crippen molar-refractivity contribution in [3.05, 3.63) is 85.1 Å². The maximum absolute atomic E-state index is 12.8. The summed E-state index contributed by atoms with van der Waals surface area (Å²) in [7, 11) is 0. The third kappa shape index (κ3) is 57.4. The van der Waals surface area contributed by atoms with Gasteiger partial charge in [0.1, 0.15) is 13.2 Å². The maximum atomic E-state index is 12.8. The molecule has 0 aromatic rings. The Balaban J connectivity index is 4.15. The van der Waals surface area contributed by atoms with Gasteiger partial charge in [0, 0.05) is 19.3 Å². The molecule has 71 heavy (non-hydrogen) atoms. The number of hydrogen-bond donors (Lipinski definition) is 0. The lowest BCUT2D eigenvalue weighted by atomic mass is 10.0. The van der Waals surface area contributed by atoms with Crippen molar-refractivity contribution in [1.29, 1.82) is 0 Å². The van der Waals surface area contributed by atoms with Gasteiger partial charge in [-0.05, 0) is 103 Å². The van der Waals surface area contributed by atoms with Crippen molar-refractivity contribution in [1.82, 2.24) is 0 Å². The third-order valence-electron chi connectivity index (χ3n) is 12.8. The van der Waals surface area contributed by atoms with E-state index in [0.29, 0.717) is 19.3 Å². The molecule has 0 fully saturated rings. The monoisotopic (exact) mass is 989 g/mol. The molecule has 6 nitrogen and oxygen atoms in total. The summed E-state index contributed by atoms with van der Waals surface area (Å²) < 4.78 is 16.8. The molecule has 1 atom stereocenters. The summed E-state index contributed by atoms with van der Waals surface area (Å²) in [6.45, 7) is 6.42. The van der Waals surface area contributed by atoms with Gasteiger partial charge in [-0.3, -0.25) is 14.4 Å². The summed E-state index contributed by atoms with van der Waals surface area (Å²) in [4.78, 5) is 38.1. The van der Waals surface area contributed by atoms with E-state index in [0.717, 1.165) is 122 Å². The Morgan fingerprint density at radius 3 is 0.930 bits per heavy atom. The van der Waals surface area contributed by atoms with Gasteiger partial charge in [-0.15, -0.1) is 0 Å². The van der Waals surface area contributed by atoms with Crippen LogP contribution in [0.3, 0.4) is 0 Å². The largest absolute Gasteiger partial charge is 0.462 e. The van der Waals surface area contributed by atoms with Crippen molar-refractivity contribution in [2.45, 2.75) is 297 Å². The molecule has 1 unspecified atom stereocenters. The van der Waals surface area contributed by atoms with Crippen LogP contribution in [0.4, 0.5) is 0 Å². The Hall–Kier alpha value is -3.41. The highest BCUT2D eigenvalue weighted by Crippen LogP contribution is 2.16. The van der Waals surface area contributed by atoms with Crippen LogP contribution in [0.1, 0.15) is 290 Å². The summed E-state index contributed by atoms with van der Waals surface area (Å²) in [6, 6.07) is 0. The summed E-state index contributed by atoms with van der Waals surface area (Å²) in [5.74, 6) is -0.901. The highest BCUT2D eigenvalue weighted by molar-refractivity contribution is 5.71. The highest BCUT2D eigenvalue weighted by atomic mass is 16.6. The van der Waals surface area contributed by atoms with E-state index in [4.69, 9.17) is 14.2 Å². The van der Waals surface area contributed by atoms with Crippen molar-refractivity contribution in [2.24, 2.45) is 0 Å². The summed E-state index contributed by atoms with van der Waals surface area (Å²) in [5, 5.41) is 0. The fourth-order valence-corrected chi connectivity index (χ4v) is 8.34. The van der Waals surface area contributed by atoms with Crippen molar-refractivity contribution >= 4 is 17.9 Å². The molecule has 0 bridgehead atoms. The number of allylic oxidation sites excluding steroid dienone is 14. The van der Waals surface area contributed by atoms with Gasteiger partial charge in [0.15, 0.2) is 6.10 Å². The van der Waals surface area contributed by atoms with Gasteiger partial charge in [-0.1, -0.05) is 254 Å². The molecule has 0 saturated carbocycles. The van der Waals surface area contributed by atoms with Crippen molar-refractivity contribution in [3.63, 3.8) is 0 Å². The molecule has 0 aromatic heterocycles. The van der Waals surface area contributed by atoms with Gasteiger partial charge in [0.25, 0.3) is 0 Å². The van der Waals surface area contributed by atoms with Crippen LogP contribution in [0.15, 0.2) is 85.1 Å². The minimum atomic E-state index is -0.785. The first-order chi connectivity index (χ1) is 35.0. The molecule has 0 rings (SSSR count). The van der Waals surface area contributed by atoms with E-state index in [1.807, 2.05) is 0 Å². The molecular formula is C65H112O6. The van der Waals surface area contributed by atoms with Gasteiger partial charge in [0.05, 0.1) is 0 Å². The lowest BCUT2D eigenvalue weighted by Gasteiger charge is -2.18. The predicted octanol–water partition coefficient (Wildman–Crippen LogP) is 20.3. The standard InChI is InChI=1S/C65H112O6/c1-4-7-10-13-16-19-22-24-25-26-27-28-29-30-31-32-33-34-35-36-37-38-39-41-43-46-49-52-55-58-64(67)70-61-62(60-69-63(66)57-54-51-48-45-42-21-18-15-12-9-6-3)71-65(68)59-56-53-50-47-44-40-23-20-17-14-11-8-5-2/h7,10-11,14-16,18-20,23-25,27-28,62H,4-6,8-9,12-13,17,21-22,26,29-61H2,1-3H3/b10-7-,14-11-,18-15-,19-16-,23-20-,25-24-,28-27-. The number of esters is 3. The van der Waals surface area contributed by atoms with Crippen molar-refractivity contribution in [2.75, 3.05) is 13.2 Å². The second kappa shape index (κ2) is 59.2. The number of hydrogen-bond acceptors (Lipinski definition) is 6. The first-order valence-electron chi connectivity index (χ1n) is 30.1. The molecule has 0 heterocycles. The molecule has 0 aromatic carbocycles. The highest BCUT2D eigenvalue weighted by Gasteiger charge is 2.19. The van der Waals surface area contributed by atoms with E-state index in [2.05, 4.69) is 106 Å². The Bertz CT molecular complexity index is 1370. The van der Waals surface area contributed by atoms with E-state index in [1.165, 1.54) is 128 Å². The average molecular weight is 990 g/mol. The smallest absolute Gasteiger partial charge is 0.306 e. The van der Waals surface area contributed by atoms with E-state index < -0.39 is 6.10 Å². The molecule has 0 N–H and O–H groups in total. The molecule has 0 amide bonds. The second-order valence-corrected chi connectivity index (χ2v) is 19.9. The van der Waals surface area contributed by atoms with E-state index in [1.54, 1.807) is 0 Å². The SMILES string of the molecule is CC/C=C\C/C=C\C/C=C\C/C=C\CCCCCCCCCCCCCCCCCCC(=O)OCC(COC(=O)CCCCCCC/C=C\CCCC)OC(=O)CCCCCCC/C=C\C/C=C\CCC. The Labute approximate surface area is 439 Å². The quantitative estimate of drug-likeness (QED) is 0.0261. The predicted molar refractivity (Wildman–Crippen MR) is 307 cm³/mol. The number of carbonyl (C=O) groups is 3. The van der Waals surface area contributed by atoms with E-state index in [-0.39, 0.29) is 31.1 Å². The number of rotatable bonds is 54. The lowest BCUT2D eigenvalue weighted by Crippen LogP contribution is -2.30. The summed E-state index contributed by atoms with van der Waals surface area (Å²) >= 11 is 0. The lowest BCUT2D eigenvalue weighted by molar-refractivity contribution is -0.167. The Morgan fingerprint density at radius 2 is 0.577 bits per heavy atom. The fraction of sp³-hybridized carbons (Fsp3) is 0.738. The van der Waals surface area contributed by atoms with Crippen LogP contribution in [0.2, 0.25) is 0 Å². The number of unbranched alkanes of at least 4 members (excludes halogenated alkanes) is 29. The Morgan fingerprint density at radius 1 is 0.296 bits per heavy atom. The number of ether oxygens (including phenoxy) is 3. The summed E-state index contributed by atoms with van der Waals surface area (Å²) in [6.07, 6.45) is 77.4. The molecule has 0 spiro atoms. The first-order valence-corrected chi connectivity index (χ1v) is 30.1. The minimum Gasteiger partial charge on any atom is -0.462 e. The van der Waals surface area contributed by atoms with Crippen LogP contribution < -0.4 is 0 Å². The number of carbonyl (C=O) groups excluding carboxylic acids is 3. The first kappa shape index (κ1) is 67.6. The molecule has 0 aliphatic heterocycles. The van der Waals surface area contributed by atoms with Crippen LogP contribution >= 0.6 is 0 Å². The third-order valence-corrected chi connectivity index (χ3v) is 12.8. The molecular weight excluding hydrogens is 877 g/mol. The van der Waals surface area contributed by atoms with Crippen LogP contribution in [-0.4, -0.2) is 37.2 Å². The van der Waals surface area contributed by atoms with Gasteiger partial charge in [0.2, 0.25) is 0 Å². The van der Waals surface area contributed by atoms with Gasteiger partial charge < -0.3 is 14.2 Å². The maximum Gasteiger partial charge on any atom is 0.306 e. The zero-order chi connectivity index (χ0) is 51.4. The van der Waals surface area contributed by atoms with Gasteiger partial charge >= 0.3 is 17.9 Å². The van der Waals surface area contributed by atoms with Crippen molar-refractivity contribution in [3.8, 4) is 0 Å². The minimum absolute atomic E-state index is 0.0829. The van der Waals surface area contributed by atoms with Crippen molar-refractivity contribution < 1.29 is 28.6 Å². The van der Waals surface area contributed by atoms with Crippen LogP contribution in [-0.2, 0) is 28.6 Å². The van der Waals surface area contributed by atoms with Gasteiger partial charge in [-0.2, -0.15) is 0 Å². The Kier molecular flexibility index (Phi) is 56.3. The molecule has 0 aliphatic carbocycles. The fourth-order valence-electron chi connectivity index (χ4n) is 8.34. The second-order valence-electron chi connectivity index (χ2n) is 19.9. The van der Waals surface area contributed by atoms with Crippen LogP contribution in [0.5, 0.6) is 0 Å². The summed E-state index contributed by atoms with van der Waals surface area (Å²) in [5.41, 5.74) is 0. The average Bonchev–Trinajstić information content (AvgIpc) is 3.37.